The summed E-state index contributed by atoms with van der Waals surface area (Å²) in [5.41, 5.74) is 3.21. The maximum Gasteiger partial charge on any atom is 0.323 e. The van der Waals surface area contributed by atoms with Crippen molar-refractivity contribution in [3.8, 4) is 0 Å². The molecule has 6 nitrogen and oxygen atoms in total. The minimum Gasteiger partial charge on any atom is -0.465 e. The van der Waals surface area contributed by atoms with Crippen LogP contribution in [0, 0.1) is 12.7 Å². The summed E-state index contributed by atoms with van der Waals surface area (Å²) in [6.45, 7) is 4.77. The Kier molecular flexibility index (Phi) is 7.18. The minimum atomic E-state index is -0.528. The van der Waals surface area contributed by atoms with Crippen LogP contribution in [0.25, 0.3) is 0 Å². The van der Waals surface area contributed by atoms with Crippen LogP contribution >= 0.6 is 0 Å². The average Bonchev–Trinajstić information content (AvgIpc) is 3.25. The van der Waals surface area contributed by atoms with Gasteiger partial charge in [-0.25, -0.2) is 9.40 Å². The van der Waals surface area contributed by atoms with E-state index in [0.717, 1.165) is 29.7 Å². The summed E-state index contributed by atoms with van der Waals surface area (Å²) in [6, 6.07) is 13.5. The van der Waals surface area contributed by atoms with Crippen molar-refractivity contribution in [2.75, 3.05) is 19.7 Å². The van der Waals surface area contributed by atoms with E-state index < -0.39 is 12.1 Å². The molecule has 0 unspecified atom stereocenters. The number of piperidine rings is 1. The van der Waals surface area contributed by atoms with Crippen LogP contribution < -0.4 is 0 Å². The first-order valence-corrected chi connectivity index (χ1v) is 11.6. The number of rotatable bonds is 6. The van der Waals surface area contributed by atoms with Gasteiger partial charge >= 0.3 is 5.97 Å². The second-order valence-corrected chi connectivity index (χ2v) is 8.63. The van der Waals surface area contributed by atoms with Gasteiger partial charge in [-0.2, -0.15) is 5.10 Å². The van der Waals surface area contributed by atoms with E-state index in [4.69, 9.17) is 4.74 Å². The fraction of sp³-hybridized carbons (Fsp3) is 0.423. The van der Waals surface area contributed by atoms with Gasteiger partial charge in [0, 0.05) is 12.0 Å². The first-order chi connectivity index (χ1) is 16.0. The number of halogens is 1. The first kappa shape index (κ1) is 23.1. The Balaban J connectivity index is 1.61. The molecule has 2 atom stereocenters. The molecule has 0 bridgehead atoms. The Morgan fingerprint density at radius 2 is 1.97 bits per heavy atom. The SMILES string of the molecule is CCOC(=O)[C@@H]1CCCCN1CC(=O)N1N=C(c2cccc(C)c2)C[C@H]1c1ccccc1F. The van der Waals surface area contributed by atoms with Crippen molar-refractivity contribution in [3.63, 3.8) is 0 Å². The Hall–Kier alpha value is -3.06. The lowest BCUT2D eigenvalue weighted by molar-refractivity contribution is -0.152. The van der Waals surface area contributed by atoms with Crippen molar-refractivity contribution in [3.05, 3.63) is 71.0 Å². The standard InChI is InChI=1S/C26H30FN3O3/c1-3-33-26(32)23-13-6-7-14-29(23)17-25(31)30-24(20-11-4-5-12-21(20)27)16-22(28-30)19-10-8-9-18(2)15-19/h4-5,8-12,15,23-24H,3,6-7,13-14,16-17H2,1-2H3/t23-,24-/m0/s1. The van der Waals surface area contributed by atoms with E-state index in [1.807, 2.05) is 36.1 Å². The highest BCUT2D eigenvalue weighted by atomic mass is 19.1. The van der Waals surface area contributed by atoms with Crippen molar-refractivity contribution in [2.24, 2.45) is 5.10 Å². The highest BCUT2D eigenvalue weighted by Crippen LogP contribution is 2.34. The molecule has 4 rings (SSSR count). The van der Waals surface area contributed by atoms with Crippen molar-refractivity contribution in [1.29, 1.82) is 0 Å². The smallest absolute Gasteiger partial charge is 0.323 e. The van der Waals surface area contributed by atoms with Gasteiger partial charge in [0.15, 0.2) is 0 Å². The van der Waals surface area contributed by atoms with Crippen molar-refractivity contribution >= 4 is 17.6 Å². The highest BCUT2D eigenvalue weighted by molar-refractivity contribution is 6.03. The van der Waals surface area contributed by atoms with Gasteiger partial charge in [-0.05, 0) is 44.9 Å². The zero-order chi connectivity index (χ0) is 23.4. The molecular weight excluding hydrogens is 421 g/mol. The molecule has 0 aliphatic carbocycles. The number of hydrazone groups is 1. The minimum absolute atomic E-state index is 0.0407. The number of hydrogen-bond acceptors (Lipinski definition) is 5. The van der Waals surface area contributed by atoms with Crippen molar-refractivity contribution in [1.82, 2.24) is 9.91 Å². The molecule has 2 aromatic rings. The van der Waals surface area contributed by atoms with Crippen molar-refractivity contribution < 1.29 is 18.7 Å². The number of esters is 1. The number of nitrogens with zero attached hydrogens (tertiary/aromatic N) is 3. The normalized spacial score (nSPS) is 21.1. The lowest BCUT2D eigenvalue weighted by atomic mass is 9.97. The van der Waals surface area contributed by atoms with Crippen molar-refractivity contribution in [2.45, 2.75) is 51.6 Å². The Morgan fingerprint density at radius 3 is 2.73 bits per heavy atom. The number of carbonyl (C=O) groups is 2. The fourth-order valence-electron chi connectivity index (χ4n) is 4.66. The Morgan fingerprint density at radius 1 is 1.15 bits per heavy atom. The van der Waals surface area contributed by atoms with Crippen LogP contribution in [0.3, 0.4) is 0 Å². The van der Waals surface area contributed by atoms with E-state index in [1.54, 1.807) is 25.1 Å². The molecule has 1 amide bonds. The van der Waals surface area contributed by atoms with E-state index in [0.29, 0.717) is 31.6 Å². The van der Waals surface area contributed by atoms with Crippen LogP contribution in [0.4, 0.5) is 4.39 Å². The quantitative estimate of drug-likeness (QED) is 0.617. The number of benzene rings is 2. The molecule has 7 heteroatoms. The molecule has 0 aromatic heterocycles. The molecule has 0 radical (unpaired) electrons. The number of likely N-dealkylation sites (tertiary alicyclic amines) is 1. The number of ether oxygens (including phenoxy) is 1. The average molecular weight is 452 g/mol. The van der Waals surface area contributed by atoms with E-state index in [-0.39, 0.29) is 24.2 Å². The number of aryl methyl sites for hydroxylation is 1. The monoisotopic (exact) mass is 451 g/mol. The second kappa shape index (κ2) is 10.3. The van der Waals surface area contributed by atoms with E-state index >= 15 is 0 Å². The van der Waals surface area contributed by atoms with Gasteiger partial charge in [0.1, 0.15) is 11.9 Å². The van der Waals surface area contributed by atoms with Gasteiger partial charge in [-0.3, -0.25) is 14.5 Å². The maximum atomic E-state index is 14.7. The molecule has 0 saturated carbocycles. The zero-order valence-electron chi connectivity index (χ0n) is 19.2. The third kappa shape index (κ3) is 5.14. The molecule has 2 aromatic carbocycles. The molecule has 2 aliphatic heterocycles. The second-order valence-electron chi connectivity index (χ2n) is 8.63. The summed E-state index contributed by atoms with van der Waals surface area (Å²) < 4.78 is 20.0. The third-order valence-electron chi connectivity index (χ3n) is 6.29. The number of amides is 1. The number of hydrogen-bond donors (Lipinski definition) is 0. The number of carbonyl (C=O) groups excluding carboxylic acids is 2. The van der Waals surface area contributed by atoms with Crippen LogP contribution in [0.15, 0.2) is 53.6 Å². The fourth-order valence-corrected chi connectivity index (χ4v) is 4.66. The molecule has 33 heavy (non-hydrogen) atoms. The highest BCUT2D eigenvalue weighted by Gasteiger charge is 2.37. The Bertz CT molecular complexity index is 1050. The van der Waals surface area contributed by atoms with E-state index in [1.165, 1.54) is 11.1 Å². The lowest BCUT2D eigenvalue weighted by Gasteiger charge is -2.34. The predicted octanol–water partition coefficient (Wildman–Crippen LogP) is 4.23. The largest absolute Gasteiger partial charge is 0.465 e. The van der Waals surface area contributed by atoms with Gasteiger partial charge in [0.05, 0.1) is 24.9 Å². The summed E-state index contributed by atoms with van der Waals surface area (Å²) in [6.07, 6.45) is 2.93. The summed E-state index contributed by atoms with van der Waals surface area (Å²) in [4.78, 5) is 27.8. The van der Waals surface area contributed by atoms with E-state index in [2.05, 4.69) is 5.10 Å². The molecular formula is C26H30FN3O3. The zero-order valence-corrected chi connectivity index (χ0v) is 19.2. The maximum absolute atomic E-state index is 14.7. The molecule has 0 spiro atoms. The molecule has 1 fully saturated rings. The first-order valence-electron chi connectivity index (χ1n) is 11.6. The molecule has 2 aliphatic rings. The molecule has 174 valence electrons. The summed E-state index contributed by atoms with van der Waals surface area (Å²) >= 11 is 0. The topological polar surface area (TPSA) is 62.2 Å². The summed E-state index contributed by atoms with van der Waals surface area (Å²) in [5.74, 6) is -0.897. The van der Waals surface area contributed by atoms with Crippen LogP contribution in [0.2, 0.25) is 0 Å². The Labute approximate surface area is 194 Å². The van der Waals surface area contributed by atoms with Gasteiger partial charge in [-0.15, -0.1) is 0 Å². The van der Waals surface area contributed by atoms with Crippen LogP contribution in [-0.4, -0.2) is 53.2 Å². The van der Waals surface area contributed by atoms with Gasteiger partial charge in [0.2, 0.25) is 0 Å². The van der Waals surface area contributed by atoms with Gasteiger partial charge in [0.25, 0.3) is 5.91 Å². The third-order valence-corrected chi connectivity index (χ3v) is 6.29. The van der Waals surface area contributed by atoms with Gasteiger partial charge in [-0.1, -0.05) is 54.4 Å². The van der Waals surface area contributed by atoms with Crippen LogP contribution in [-0.2, 0) is 14.3 Å². The molecule has 0 N–H and O–H groups in total. The van der Waals surface area contributed by atoms with E-state index in [9.17, 15) is 14.0 Å². The summed E-state index contributed by atoms with van der Waals surface area (Å²) in [7, 11) is 0. The summed E-state index contributed by atoms with van der Waals surface area (Å²) in [5, 5.41) is 6.07. The lowest BCUT2D eigenvalue weighted by Crippen LogP contribution is -2.49. The van der Waals surface area contributed by atoms with Gasteiger partial charge < -0.3 is 4.74 Å². The van der Waals surface area contributed by atoms with Crippen LogP contribution in [0.1, 0.15) is 55.3 Å². The van der Waals surface area contributed by atoms with Crippen LogP contribution in [0.5, 0.6) is 0 Å². The molecule has 2 heterocycles. The molecule has 1 saturated heterocycles. The predicted molar refractivity (Wildman–Crippen MR) is 124 cm³/mol.